The molecule has 5 fully saturated rings. The van der Waals surface area contributed by atoms with E-state index in [2.05, 4.69) is 10.6 Å². The van der Waals surface area contributed by atoms with Crippen molar-refractivity contribution in [2.24, 2.45) is 0 Å². The van der Waals surface area contributed by atoms with Gasteiger partial charge in [-0.25, -0.2) is 0 Å². The Hall–Kier alpha value is -1.80. The van der Waals surface area contributed by atoms with E-state index in [1.807, 2.05) is 0 Å². The zero-order chi connectivity index (χ0) is 55.9. The summed E-state index contributed by atoms with van der Waals surface area (Å²) in [5, 5.41) is 229. The van der Waals surface area contributed by atoms with Gasteiger partial charge in [-0.15, -0.1) is 0 Å². The number of hydrogen-bond donors (Lipinski definition) is 23. The third kappa shape index (κ3) is 12.3. The Kier molecular flexibility index (Phi) is 21.1. The van der Waals surface area contributed by atoms with Gasteiger partial charge in [-0.3, -0.25) is 0 Å². The summed E-state index contributed by atoms with van der Waals surface area (Å²) in [4.78, 5) is 0. The average Bonchev–Trinajstić information content (AvgIpc) is 3.41. The Bertz CT molecular complexity index is 1910. The van der Waals surface area contributed by atoms with Crippen LogP contribution < -0.4 is 10.6 Å². The van der Waals surface area contributed by atoms with E-state index >= 15 is 0 Å². The molecule has 23 N–H and O–H groups in total. The fraction of sp³-hybridized carbons (Fsp3) is 0.909. The number of ether oxygens (including phenoxy) is 9. The molecule has 7 aliphatic rings. The molecule has 5 saturated heterocycles. The summed E-state index contributed by atoms with van der Waals surface area (Å²) in [5.74, 6) is 0. The zero-order valence-electron chi connectivity index (χ0n) is 40.8. The second kappa shape index (κ2) is 26.0. The third-order valence-electron chi connectivity index (χ3n) is 15.1. The summed E-state index contributed by atoms with van der Waals surface area (Å²) in [5.41, 5.74) is -0.166. The van der Waals surface area contributed by atoms with E-state index in [-0.39, 0.29) is 11.1 Å². The average molecular weight is 1110 g/mol. The SMILES string of the molecule is C[C@H]1O[C@H](O[C@H]2[C@H](O)[C@@H](O)[C@@H](O[C@H]3[C@H](O)[C@@H](O)[C@H](O)O[C@@H]3CO)O[C@@H]2CO)[C@H](O)[C@@H](O)[C@@H]1N[C@H]1C=C(CO)[C@@H](O[C@H]2O[C@H](CO)[C@@H](O[C@H]3O[C@H](C)[C@@H](N[C@H]4C=C(CO)[C@@H](O)[C@H](O)[C@H]4O)[C@H](O)[C@H]3O)[C@H](O)[C@H]2O)[C@H](O)[C@H]1O. The van der Waals surface area contributed by atoms with E-state index in [1.165, 1.54) is 26.0 Å². The van der Waals surface area contributed by atoms with E-state index < -0.39 is 235 Å². The van der Waals surface area contributed by atoms with Crippen LogP contribution in [-0.4, -0.2) is 342 Å². The topological polar surface area (TPSA) is 532 Å². The molecule has 32 heteroatoms. The van der Waals surface area contributed by atoms with Crippen molar-refractivity contribution in [2.75, 3.05) is 33.0 Å². The Morgan fingerprint density at radius 1 is 0.382 bits per heavy atom. The molecular weight excluding hydrogens is 1040 g/mol. The fourth-order valence-corrected chi connectivity index (χ4v) is 10.5. The van der Waals surface area contributed by atoms with Crippen LogP contribution in [0.3, 0.4) is 0 Å². The Labute approximate surface area is 432 Å². The van der Waals surface area contributed by atoms with Gasteiger partial charge >= 0.3 is 0 Å². The second-order valence-electron chi connectivity index (χ2n) is 20.0. The quantitative estimate of drug-likeness (QED) is 0.0601. The highest BCUT2D eigenvalue weighted by Crippen LogP contribution is 2.36. The van der Waals surface area contributed by atoms with Crippen LogP contribution in [-0.2, 0) is 42.6 Å². The van der Waals surface area contributed by atoms with Crippen molar-refractivity contribution in [1.29, 1.82) is 0 Å². The zero-order valence-corrected chi connectivity index (χ0v) is 40.8. The van der Waals surface area contributed by atoms with Crippen molar-refractivity contribution < 1.29 is 150 Å². The van der Waals surface area contributed by atoms with Crippen LogP contribution in [0.15, 0.2) is 23.3 Å². The Balaban J connectivity index is 0.950. The van der Waals surface area contributed by atoms with E-state index in [4.69, 9.17) is 42.6 Å². The van der Waals surface area contributed by atoms with Crippen molar-refractivity contribution in [3.63, 3.8) is 0 Å². The number of aliphatic hydroxyl groups excluding tert-OH is 21. The molecule has 32 nitrogen and oxygen atoms in total. The highest BCUT2D eigenvalue weighted by molar-refractivity contribution is 5.24. The van der Waals surface area contributed by atoms with Crippen LogP contribution in [0.2, 0.25) is 0 Å². The molecule has 0 aromatic rings. The predicted octanol–water partition coefficient (Wildman–Crippen LogP) is -13.9. The smallest absolute Gasteiger partial charge is 0.187 e. The fourth-order valence-electron chi connectivity index (χ4n) is 10.5. The summed E-state index contributed by atoms with van der Waals surface area (Å²) in [7, 11) is 0. The van der Waals surface area contributed by atoms with E-state index in [9.17, 15) is 107 Å². The van der Waals surface area contributed by atoms with Gasteiger partial charge < -0.3 is 161 Å². The first-order valence-corrected chi connectivity index (χ1v) is 24.7. The summed E-state index contributed by atoms with van der Waals surface area (Å²) < 4.78 is 50.9. The van der Waals surface area contributed by atoms with Crippen molar-refractivity contribution >= 4 is 0 Å². The van der Waals surface area contributed by atoms with E-state index in [1.54, 1.807) is 0 Å². The molecule has 0 aromatic heterocycles. The van der Waals surface area contributed by atoms with Crippen LogP contribution in [0.1, 0.15) is 13.8 Å². The molecule has 0 bridgehead atoms. The lowest BCUT2D eigenvalue weighted by molar-refractivity contribution is -0.373. The number of rotatable bonds is 17. The van der Waals surface area contributed by atoms with Crippen molar-refractivity contribution in [3.05, 3.63) is 23.3 Å². The highest BCUT2D eigenvalue weighted by atomic mass is 16.8. The third-order valence-corrected chi connectivity index (χ3v) is 15.1. The molecule has 440 valence electrons. The van der Waals surface area contributed by atoms with Crippen LogP contribution >= 0.6 is 0 Å². The standard InChI is InChI=1S/C44H74N2O30/c1-10-19(45-14-3-12(5-47)21(52)26(57)22(14)53)24(55)32(63)41(68-10)74-38-17(8-50)71-43(34(65)29(38)60)73-36-13(6-48)4-15(23(54)27(36)58)46-20-11(2)69-42(33(64)25(20)56)75-39-18(9-51)72-44(35(66)30(39)61)76-37-16(7-49)70-40(67)31(62)28(37)59/h3-4,10-11,14-67H,5-9H2,1-2H3/t10-,11-,14+,15+,16-,17-,18-,19-,20-,21-,22+,23+,24+,25+,26+,27-,28-,29-,30-,31-,32-,33-,34-,35-,36-,37-,38-,39-,40-,41-,42-,43-,44-/m1/s1. The molecule has 2 aliphatic carbocycles. The first-order chi connectivity index (χ1) is 35.9. The lowest BCUT2D eigenvalue weighted by Crippen LogP contribution is -2.69. The van der Waals surface area contributed by atoms with Crippen LogP contribution in [0, 0.1) is 0 Å². The van der Waals surface area contributed by atoms with Gasteiger partial charge in [0, 0.05) is 0 Å². The van der Waals surface area contributed by atoms with Crippen LogP contribution in [0.5, 0.6) is 0 Å². The highest BCUT2D eigenvalue weighted by Gasteiger charge is 2.56. The van der Waals surface area contributed by atoms with Gasteiger partial charge in [-0.2, -0.15) is 0 Å². The van der Waals surface area contributed by atoms with Crippen molar-refractivity contribution in [3.8, 4) is 0 Å². The molecule has 33 atom stereocenters. The lowest BCUT2D eigenvalue weighted by Gasteiger charge is -2.49. The first kappa shape index (κ1) is 61.8. The van der Waals surface area contributed by atoms with Gasteiger partial charge in [0.1, 0.15) is 134 Å². The van der Waals surface area contributed by atoms with Crippen LogP contribution in [0.4, 0.5) is 0 Å². The van der Waals surface area contributed by atoms with Crippen molar-refractivity contribution in [1.82, 2.24) is 10.6 Å². The molecule has 7 rings (SSSR count). The van der Waals surface area contributed by atoms with Gasteiger partial charge in [0.05, 0.1) is 69.4 Å². The maximum Gasteiger partial charge on any atom is 0.187 e. The maximum atomic E-state index is 11.4. The largest absolute Gasteiger partial charge is 0.394 e. The number of hydrogen-bond acceptors (Lipinski definition) is 32. The second-order valence-corrected chi connectivity index (χ2v) is 20.0. The molecule has 0 radical (unpaired) electrons. The van der Waals surface area contributed by atoms with E-state index in [0.717, 1.165) is 0 Å². The summed E-state index contributed by atoms with van der Waals surface area (Å²) >= 11 is 0. The molecule has 76 heavy (non-hydrogen) atoms. The van der Waals surface area contributed by atoms with Crippen molar-refractivity contribution in [2.45, 2.75) is 216 Å². The summed E-state index contributed by atoms with van der Waals surface area (Å²) in [6.07, 6.45) is -48.4. The van der Waals surface area contributed by atoms with Gasteiger partial charge in [-0.1, -0.05) is 12.2 Å². The normalized spacial score (nSPS) is 52.5. The minimum absolute atomic E-state index is 0.0200. The van der Waals surface area contributed by atoms with Gasteiger partial charge in [-0.05, 0) is 25.0 Å². The first-order valence-electron chi connectivity index (χ1n) is 24.7. The molecule has 0 saturated carbocycles. The predicted molar refractivity (Wildman–Crippen MR) is 239 cm³/mol. The summed E-state index contributed by atoms with van der Waals surface area (Å²) in [6, 6.07) is -4.97. The maximum absolute atomic E-state index is 11.4. The Morgan fingerprint density at radius 2 is 0.737 bits per heavy atom. The van der Waals surface area contributed by atoms with Gasteiger partial charge in [0.25, 0.3) is 0 Å². The van der Waals surface area contributed by atoms with Gasteiger partial charge in [0.15, 0.2) is 31.5 Å². The minimum atomic E-state index is -2.07. The number of aliphatic hydroxyl groups is 21. The molecule has 0 aromatic carbocycles. The minimum Gasteiger partial charge on any atom is -0.394 e. The molecule has 5 heterocycles. The molecule has 5 aliphatic heterocycles. The van der Waals surface area contributed by atoms with Crippen LogP contribution in [0.25, 0.3) is 0 Å². The molecular formula is C44H74N2O30. The monoisotopic (exact) mass is 1110 g/mol. The lowest BCUT2D eigenvalue weighted by atomic mass is 9.86. The van der Waals surface area contributed by atoms with E-state index in [0.29, 0.717) is 0 Å². The summed E-state index contributed by atoms with van der Waals surface area (Å²) in [6.45, 7) is -1.38. The molecule has 0 amide bonds. The number of nitrogens with one attached hydrogen (secondary N) is 2. The van der Waals surface area contributed by atoms with Gasteiger partial charge in [0.2, 0.25) is 0 Å². The molecule has 0 unspecified atom stereocenters. The molecule has 0 spiro atoms. The Morgan fingerprint density at radius 3 is 1.16 bits per heavy atom.